The van der Waals surface area contributed by atoms with Crippen LogP contribution >= 0.6 is 35.3 Å². The molecule has 1 heterocycles. The van der Waals surface area contributed by atoms with Crippen LogP contribution in [0.5, 0.6) is 0 Å². The van der Waals surface area contributed by atoms with Gasteiger partial charge in [0.25, 0.3) is 0 Å². The Morgan fingerprint density at radius 3 is 2.59 bits per heavy atom. The quantitative estimate of drug-likeness (QED) is 0.372. The Morgan fingerprint density at radius 2 is 2.05 bits per heavy atom. The van der Waals surface area contributed by atoms with Crippen LogP contribution in [0.4, 0.5) is 0 Å². The van der Waals surface area contributed by atoms with Crippen LogP contribution in [0.25, 0.3) is 0 Å². The minimum absolute atomic E-state index is 0. The van der Waals surface area contributed by atoms with Crippen molar-refractivity contribution < 1.29 is 0 Å². The first-order valence-corrected chi connectivity index (χ1v) is 8.68. The van der Waals surface area contributed by atoms with Gasteiger partial charge in [0.15, 0.2) is 5.96 Å². The zero-order valence-electron chi connectivity index (χ0n) is 14.4. The summed E-state index contributed by atoms with van der Waals surface area (Å²) in [7, 11) is 2.15. The summed E-state index contributed by atoms with van der Waals surface area (Å²) in [5.74, 6) is 1.39. The van der Waals surface area contributed by atoms with Gasteiger partial charge in [0.05, 0.1) is 6.54 Å². The molecule has 6 heteroatoms. The second-order valence-corrected chi connectivity index (χ2v) is 6.62. The molecule has 1 atom stereocenters. The number of nitrogens with one attached hydrogen (secondary N) is 2. The molecule has 0 radical (unpaired) electrons. The second-order valence-electron chi connectivity index (χ2n) is 5.64. The third-order valence-electron chi connectivity index (χ3n) is 3.53. The highest BCUT2D eigenvalue weighted by Crippen LogP contribution is 2.20. The van der Waals surface area contributed by atoms with Crippen molar-refractivity contribution in [3.8, 4) is 0 Å². The van der Waals surface area contributed by atoms with E-state index in [1.807, 2.05) is 0 Å². The summed E-state index contributed by atoms with van der Waals surface area (Å²) >= 11 is 1.80. The Kier molecular flexibility index (Phi) is 11.9. The molecule has 2 N–H and O–H groups in total. The number of likely N-dealkylation sites (N-methyl/N-ethyl adjacent to an activating group) is 1. The molecule has 0 aliphatic rings. The normalized spacial score (nSPS) is 13.1. The van der Waals surface area contributed by atoms with Crippen LogP contribution in [0.2, 0.25) is 0 Å². The smallest absolute Gasteiger partial charge is 0.191 e. The number of hydrogen-bond donors (Lipinski definition) is 2. The Labute approximate surface area is 156 Å². The summed E-state index contributed by atoms with van der Waals surface area (Å²) in [5.41, 5.74) is 0. The van der Waals surface area contributed by atoms with Crippen molar-refractivity contribution in [2.45, 2.75) is 39.7 Å². The fourth-order valence-electron chi connectivity index (χ4n) is 1.84. The number of hydrogen-bond acceptors (Lipinski definition) is 3. The van der Waals surface area contributed by atoms with Gasteiger partial charge in [0.1, 0.15) is 0 Å². The van der Waals surface area contributed by atoms with Crippen LogP contribution in [-0.2, 0) is 0 Å². The average Bonchev–Trinajstić information content (AvgIpc) is 2.98. The predicted molar refractivity (Wildman–Crippen MR) is 110 cm³/mol. The molecule has 22 heavy (non-hydrogen) atoms. The molecule has 0 saturated carbocycles. The van der Waals surface area contributed by atoms with Crippen LogP contribution < -0.4 is 10.6 Å². The predicted octanol–water partition coefficient (Wildman–Crippen LogP) is 3.36. The maximum absolute atomic E-state index is 4.69. The summed E-state index contributed by atoms with van der Waals surface area (Å²) in [4.78, 5) is 8.42. The van der Waals surface area contributed by atoms with Gasteiger partial charge in [0.2, 0.25) is 0 Å². The van der Waals surface area contributed by atoms with Crippen molar-refractivity contribution in [1.82, 2.24) is 15.5 Å². The lowest BCUT2D eigenvalue weighted by molar-refractivity contribution is 0.278. The maximum Gasteiger partial charge on any atom is 0.191 e. The Bertz CT molecular complexity index is 406. The molecule has 0 bridgehead atoms. The SMILES string of the molecule is CCNC(=NCC(C)c1cccs1)NCCN(C)C(C)C.I. The number of guanidine groups is 1. The summed E-state index contributed by atoms with van der Waals surface area (Å²) < 4.78 is 0. The molecule has 1 aromatic rings. The van der Waals surface area contributed by atoms with Crippen molar-refractivity contribution in [2.24, 2.45) is 4.99 Å². The number of rotatable bonds is 8. The minimum Gasteiger partial charge on any atom is -0.357 e. The maximum atomic E-state index is 4.69. The van der Waals surface area contributed by atoms with Gasteiger partial charge in [-0.2, -0.15) is 0 Å². The van der Waals surface area contributed by atoms with Crippen molar-refractivity contribution in [1.29, 1.82) is 0 Å². The third kappa shape index (κ3) is 8.33. The summed E-state index contributed by atoms with van der Waals surface area (Å²) in [6, 6.07) is 4.86. The number of nitrogens with zero attached hydrogens (tertiary/aromatic N) is 2. The van der Waals surface area contributed by atoms with E-state index in [4.69, 9.17) is 4.99 Å². The van der Waals surface area contributed by atoms with E-state index in [9.17, 15) is 0 Å². The van der Waals surface area contributed by atoms with E-state index in [0.29, 0.717) is 12.0 Å². The van der Waals surface area contributed by atoms with E-state index in [-0.39, 0.29) is 24.0 Å². The first kappa shape index (κ1) is 21.7. The molecule has 1 rings (SSSR count). The molecule has 128 valence electrons. The standard InChI is InChI=1S/C16H30N4S.HI/c1-6-17-16(18-9-10-20(5)13(2)3)19-12-14(4)15-8-7-11-21-15;/h7-8,11,13-14H,6,9-10,12H2,1-5H3,(H2,17,18,19);1H. The van der Waals surface area contributed by atoms with E-state index in [0.717, 1.165) is 32.1 Å². The summed E-state index contributed by atoms with van der Waals surface area (Å²) in [5, 5.41) is 8.84. The molecule has 4 nitrogen and oxygen atoms in total. The van der Waals surface area contributed by atoms with E-state index in [1.165, 1.54) is 4.88 Å². The lowest BCUT2D eigenvalue weighted by atomic mass is 10.1. The number of thiophene rings is 1. The molecule has 0 aliphatic heterocycles. The minimum atomic E-state index is 0. The van der Waals surface area contributed by atoms with Crippen LogP contribution in [0.1, 0.15) is 38.5 Å². The van der Waals surface area contributed by atoms with Crippen molar-refractivity contribution >= 4 is 41.3 Å². The lowest BCUT2D eigenvalue weighted by Crippen LogP contribution is -2.42. The molecule has 1 aromatic heterocycles. The summed E-state index contributed by atoms with van der Waals surface area (Å²) in [6.07, 6.45) is 0. The molecule has 0 fully saturated rings. The van der Waals surface area contributed by atoms with Gasteiger partial charge in [-0.1, -0.05) is 13.0 Å². The van der Waals surface area contributed by atoms with E-state index in [1.54, 1.807) is 11.3 Å². The van der Waals surface area contributed by atoms with Gasteiger partial charge in [-0.15, -0.1) is 35.3 Å². The topological polar surface area (TPSA) is 39.7 Å². The zero-order chi connectivity index (χ0) is 15.7. The van der Waals surface area contributed by atoms with Crippen LogP contribution in [0.15, 0.2) is 22.5 Å². The highest BCUT2D eigenvalue weighted by molar-refractivity contribution is 14.0. The zero-order valence-corrected chi connectivity index (χ0v) is 17.6. The molecule has 0 spiro atoms. The molecular formula is C16H31IN4S. The number of aliphatic imine (C=N–C) groups is 1. The van der Waals surface area contributed by atoms with Gasteiger partial charge in [0, 0.05) is 36.5 Å². The highest BCUT2D eigenvalue weighted by Gasteiger charge is 2.07. The number of halogens is 1. The first-order chi connectivity index (χ1) is 10.0. The van der Waals surface area contributed by atoms with E-state index in [2.05, 4.69) is 67.8 Å². The van der Waals surface area contributed by atoms with Gasteiger partial charge >= 0.3 is 0 Å². The first-order valence-electron chi connectivity index (χ1n) is 7.80. The molecular weight excluding hydrogens is 407 g/mol. The van der Waals surface area contributed by atoms with E-state index < -0.39 is 0 Å². The average molecular weight is 438 g/mol. The van der Waals surface area contributed by atoms with Gasteiger partial charge in [-0.05, 0) is 39.3 Å². The second kappa shape index (κ2) is 12.1. The Balaban J connectivity index is 0.00000441. The van der Waals surface area contributed by atoms with Crippen molar-refractivity contribution in [3.05, 3.63) is 22.4 Å². The largest absolute Gasteiger partial charge is 0.357 e. The summed E-state index contributed by atoms with van der Waals surface area (Å²) in [6.45, 7) is 12.4. The Morgan fingerprint density at radius 1 is 1.32 bits per heavy atom. The van der Waals surface area contributed by atoms with Crippen LogP contribution in [-0.4, -0.2) is 50.1 Å². The highest BCUT2D eigenvalue weighted by atomic mass is 127. The van der Waals surface area contributed by atoms with Gasteiger partial charge < -0.3 is 15.5 Å². The fourth-order valence-corrected chi connectivity index (χ4v) is 2.62. The molecule has 0 aliphatic carbocycles. The van der Waals surface area contributed by atoms with Crippen LogP contribution in [0.3, 0.4) is 0 Å². The molecule has 0 aromatic carbocycles. The van der Waals surface area contributed by atoms with Crippen molar-refractivity contribution in [3.63, 3.8) is 0 Å². The molecule has 0 saturated heterocycles. The Hall–Kier alpha value is -0.340. The molecule has 0 amide bonds. The molecule has 1 unspecified atom stereocenters. The fraction of sp³-hybridized carbons (Fsp3) is 0.688. The van der Waals surface area contributed by atoms with Gasteiger partial charge in [-0.25, -0.2) is 0 Å². The van der Waals surface area contributed by atoms with Gasteiger partial charge in [-0.3, -0.25) is 4.99 Å². The third-order valence-corrected chi connectivity index (χ3v) is 4.64. The lowest BCUT2D eigenvalue weighted by Gasteiger charge is -2.21. The van der Waals surface area contributed by atoms with Crippen molar-refractivity contribution in [2.75, 3.05) is 33.2 Å². The monoisotopic (exact) mass is 438 g/mol. The van der Waals surface area contributed by atoms with E-state index >= 15 is 0 Å². The van der Waals surface area contributed by atoms with Crippen LogP contribution in [0, 0.1) is 0 Å².